The highest BCUT2D eigenvalue weighted by Crippen LogP contribution is 2.46. The van der Waals surface area contributed by atoms with Crippen LogP contribution in [0, 0.1) is 6.92 Å². The van der Waals surface area contributed by atoms with Gasteiger partial charge in [0.2, 0.25) is 10.0 Å². The standard InChI is InChI=1S/C31H31N5O3S/c1-22-21-33-36-29(20-28(35-30(22)36)31(2)17-7-6-10-27(31)23-11-12-23)32-18-19-34-40(37,38)26-15-13-25(14-16-26)39-24-8-4-3-5-9-24/h3-11,13-16,20-21,32,34H,12,17-19H2,1-2H3. The predicted molar refractivity (Wildman–Crippen MR) is 156 cm³/mol. The Balaban J connectivity index is 1.14. The van der Waals surface area contributed by atoms with Gasteiger partial charge in [0.1, 0.15) is 17.3 Å². The van der Waals surface area contributed by atoms with Gasteiger partial charge in [0.25, 0.3) is 0 Å². The van der Waals surface area contributed by atoms with Crippen molar-refractivity contribution >= 4 is 21.5 Å². The molecule has 1 unspecified atom stereocenters. The molecule has 0 spiro atoms. The minimum atomic E-state index is -3.69. The van der Waals surface area contributed by atoms with E-state index in [4.69, 9.17) is 9.72 Å². The van der Waals surface area contributed by atoms with Gasteiger partial charge in [-0.2, -0.15) is 9.61 Å². The zero-order chi connectivity index (χ0) is 27.7. The van der Waals surface area contributed by atoms with E-state index >= 15 is 0 Å². The van der Waals surface area contributed by atoms with Crippen molar-refractivity contribution in [2.45, 2.75) is 37.0 Å². The van der Waals surface area contributed by atoms with Crippen molar-refractivity contribution < 1.29 is 13.2 Å². The first-order chi connectivity index (χ1) is 19.3. The Morgan fingerprint density at radius 1 is 1.05 bits per heavy atom. The zero-order valence-corrected chi connectivity index (χ0v) is 23.3. The van der Waals surface area contributed by atoms with Crippen LogP contribution in [0.1, 0.15) is 31.0 Å². The van der Waals surface area contributed by atoms with E-state index in [0.29, 0.717) is 18.0 Å². The first-order valence-corrected chi connectivity index (χ1v) is 14.8. The molecular weight excluding hydrogens is 522 g/mol. The highest BCUT2D eigenvalue weighted by Gasteiger charge is 2.37. The number of rotatable bonds is 10. The summed E-state index contributed by atoms with van der Waals surface area (Å²) >= 11 is 0. The largest absolute Gasteiger partial charge is 0.457 e. The summed E-state index contributed by atoms with van der Waals surface area (Å²) in [6.45, 7) is 4.80. The topological polar surface area (TPSA) is 97.6 Å². The van der Waals surface area contributed by atoms with Crippen LogP contribution in [-0.2, 0) is 15.4 Å². The molecule has 2 aromatic carbocycles. The maximum Gasteiger partial charge on any atom is 0.240 e. The molecule has 0 saturated carbocycles. The lowest BCUT2D eigenvalue weighted by atomic mass is 9.72. The van der Waals surface area contributed by atoms with Crippen molar-refractivity contribution in [3.05, 3.63) is 114 Å². The van der Waals surface area contributed by atoms with Crippen LogP contribution in [0.5, 0.6) is 11.5 Å². The number of hydrogen-bond donors (Lipinski definition) is 2. The third-order valence-electron chi connectivity index (χ3n) is 7.32. The van der Waals surface area contributed by atoms with Crippen molar-refractivity contribution in [3.8, 4) is 11.5 Å². The molecule has 0 aliphatic heterocycles. The number of allylic oxidation sites excluding steroid dienone is 6. The van der Waals surface area contributed by atoms with Crippen molar-refractivity contribution in [3.63, 3.8) is 0 Å². The molecular formula is C31H31N5O3S. The fourth-order valence-electron chi connectivity index (χ4n) is 4.99. The van der Waals surface area contributed by atoms with Crippen LogP contribution in [0.15, 0.2) is 107 Å². The molecule has 8 nitrogen and oxygen atoms in total. The molecule has 2 N–H and O–H groups in total. The molecule has 9 heteroatoms. The van der Waals surface area contributed by atoms with E-state index in [9.17, 15) is 8.42 Å². The van der Waals surface area contributed by atoms with Gasteiger partial charge in [0.05, 0.1) is 16.8 Å². The van der Waals surface area contributed by atoms with Crippen LogP contribution >= 0.6 is 0 Å². The third-order valence-corrected chi connectivity index (χ3v) is 8.80. The second kappa shape index (κ2) is 10.4. The van der Waals surface area contributed by atoms with E-state index < -0.39 is 10.0 Å². The van der Waals surface area contributed by atoms with Crippen LogP contribution in [-0.4, -0.2) is 36.1 Å². The number of benzene rings is 2. The Morgan fingerprint density at radius 3 is 2.55 bits per heavy atom. The molecule has 0 fully saturated rings. The highest BCUT2D eigenvalue weighted by molar-refractivity contribution is 7.89. The summed E-state index contributed by atoms with van der Waals surface area (Å²) < 4.78 is 36.0. The van der Waals surface area contributed by atoms with Crippen molar-refractivity contribution in [2.24, 2.45) is 0 Å². The number of anilines is 1. The van der Waals surface area contributed by atoms with Gasteiger partial charge in [-0.15, -0.1) is 0 Å². The minimum Gasteiger partial charge on any atom is -0.457 e. The molecule has 1 atom stereocenters. The Labute approximate surface area is 234 Å². The molecule has 0 bridgehead atoms. The number of fused-ring (bicyclic) bond motifs is 1. The lowest BCUT2D eigenvalue weighted by molar-refractivity contribution is 0.482. The number of aryl methyl sites for hydroxylation is 1. The van der Waals surface area contributed by atoms with Crippen LogP contribution in [0.25, 0.3) is 5.65 Å². The van der Waals surface area contributed by atoms with E-state index in [1.54, 1.807) is 35.0 Å². The van der Waals surface area contributed by atoms with Gasteiger partial charge in [-0.25, -0.2) is 18.1 Å². The van der Waals surface area contributed by atoms with Gasteiger partial charge >= 0.3 is 0 Å². The molecule has 2 aliphatic carbocycles. The lowest BCUT2D eigenvalue weighted by Gasteiger charge is -2.32. The molecule has 2 aliphatic rings. The maximum absolute atomic E-state index is 12.9. The van der Waals surface area contributed by atoms with Gasteiger partial charge in [-0.05, 0) is 74.2 Å². The molecule has 2 heterocycles. The normalized spacial score (nSPS) is 18.4. The first kappa shape index (κ1) is 26.0. The quantitative estimate of drug-likeness (QED) is 0.245. The van der Waals surface area contributed by atoms with E-state index in [1.165, 1.54) is 11.1 Å². The highest BCUT2D eigenvalue weighted by atomic mass is 32.2. The second-order valence-corrected chi connectivity index (χ2v) is 12.0. The number of hydrogen-bond acceptors (Lipinski definition) is 6. The summed E-state index contributed by atoms with van der Waals surface area (Å²) in [4.78, 5) is 5.21. The van der Waals surface area contributed by atoms with Crippen LogP contribution < -0.4 is 14.8 Å². The summed E-state index contributed by atoms with van der Waals surface area (Å²) in [5, 5.41) is 7.89. The fraction of sp³-hybridized carbons (Fsp3) is 0.226. The summed E-state index contributed by atoms with van der Waals surface area (Å²) in [6.07, 6.45) is 12.4. The van der Waals surface area contributed by atoms with E-state index in [1.807, 2.05) is 43.3 Å². The number of ether oxygens (including phenoxy) is 1. The Morgan fingerprint density at radius 2 is 1.80 bits per heavy atom. The van der Waals surface area contributed by atoms with E-state index in [0.717, 1.165) is 35.6 Å². The van der Waals surface area contributed by atoms with Gasteiger partial charge in [-0.1, -0.05) is 42.5 Å². The maximum atomic E-state index is 12.9. The zero-order valence-electron chi connectivity index (χ0n) is 22.5. The summed E-state index contributed by atoms with van der Waals surface area (Å²) in [5.41, 5.74) is 5.18. The second-order valence-electron chi connectivity index (χ2n) is 10.3. The van der Waals surface area contributed by atoms with Gasteiger partial charge < -0.3 is 10.1 Å². The lowest BCUT2D eigenvalue weighted by Crippen LogP contribution is -2.30. The van der Waals surface area contributed by atoms with Crippen LogP contribution in [0.3, 0.4) is 0 Å². The number of nitrogens with zero attached hydrogens (tertiary/aromatic N) is 3. The first-order valence-electron chi connectivity index (χ1n) is 13.3. The Kier molecular flexibility index (Phi) is 6.77. The number of para-hydroxylation sites is 1. The van der Waals surface area contributed by atoms with Crippen molar-refractivity contribution in [1.82, 2.24) is 19.3 Å². The number of sulfonamides is 1. The van der Waals surface area contributed by atoms with Gasteiger partial charge in [-0.3, -0.25) is 0 Å². The monoisotopic (exact) mass is 553 g/mol. The molecule has 0 amide bonds. The summed E-state index contributed by atoms with van der Waals surface area (Å²) in [6, 6.07) is 17.8. The van der Waals surface area contributed by atoms with Gasteiger partial charge in [0, 0.05) is 30.1 Å². The molecule has 6 rings (SSSR count). The minimum absolute atomic E-state index is 0.177. The molecule has 4 aromatic rings. The fourth-order valence-corrected chi connectivity index (χ4v) is 6.02. The van der Waals surface area contributed by atoms with Gasteiger partial charge in [0.15, 0.2) is 5.65 Å². The SMILES string of the molecule is Cc1cnn2c(NCCNS(=O)(=O)c3ccc(Oc4ccccc4)cc3)cc(C3(C)CC=CC=C3C3=CC3)nc12. The van der Waals surface area contributed by atoms with Crippen molar-refractivity contribution in [1.29, 1.82) is 0 Å². The number of aromatic nitrogens is 3. The Bertz CT molecular complexity index is 1760. The molecule has 40 heavy (non-hydrogen) atoms. The average Bonchev–Trinajstić information content (AvgIpc) is 3.74. The molecule has 2 aromatic heterocycles. The van der Waals surface area contributed by atoms with Crippen molar-refractivity contribution in [2.75, 3.05) is 18.4 Å². The summed E-state index contributed by atoms with van der Waals surface area (Å²) in [7, 11) is -3.69. The molecule has 204 valence electrons. The Hall–Kier alpha value is -4.21. The predicted octanol–water partition coefficient (Wildman–Crippen LogP) is 5.69. The van der Waals surface area contributed by atoms with E-state index in [-0.39, 0.29) is 16.9 Å². The number of nitrogens with one attached hydrogen (secondary N) is 2. The smallest absolute Gasteiger partial charge is 0.240 e. The molecule has 0 saturated heterocycles. The van der Waals surface area contributed by atoms with E-state index in [2.05, 4.69) is 46.4 Å². The molecule has 0 radical (unpaired) electrons. The average molecular weight is 554 g/mol. The summed E-state index contributed by atoms with van der Waals surface area (Å²) in [5.74, 6) is 2.03. The van der Waals surface area contributed by atoms with Crippen LogP contribution in [0.4, 0.5) is 5.82 Å². The van der Waals surface area contributed by atoms with Crippen LogP contribution in [0.2, 0.25) is 0 Å². The third kappa shape index (κ3) is 5.17.